The molecule has 3 heteroatoms. The molecule has 2 rings (SSSR count). The number of benzene rings is 2. The minimum absolute atomic E-state index is 0.439. The number of rotatable bonds is 2. The second kappa shape index (κ2) is 4.63. The molecular weight excluding hydrogens is 220 g/mol. The van der Waals surface area contributed by atoms with Crippen molar-refractivity contribution in [3.63, 3.8) is 0 Å². The van der Waals surface area contributed by atoms with Crippen LogP contribution in [0.5, 0.6) is 0 Å². The molecular formula is C14H13F2N. The molecule has 0 aliphatic heterocycles. The van der Waals surface area contributed by atoms with Crippen LogP contribution in [0.1, 0.15) is 22.7 Å². The molecule has 0 saturated carbocycles. The van der Waals surface area contributed by atoms with Crippen molar-refractivity contribution in [2.24, 2.45) is 5.73 Å². The average Bonchev–Trinajstić information content (AvgIpc) is 2.33. The lowest BCUT2D eigenvalue weighted by Gasteiger charge is -2.13. The van der Waals surface area contributed by atoms with Crippen LogP contribution in [0, 0.1) is 18.6 Å². The average molecular weight is 233 g/mol. The zero-order chi connectivity index (χ0) is 12.4. The molecule has 0 amide bonds. The standard InChI is InChI=1S/C14H13F2N/c1-9-2-4-10(5-3-9)14(17)11-6-7-12(15)13(16)8-11/h2-8,14H,17H2,1H3/t14-/m0/s1. The molecule has 0 bridgehead atoms. The van der Waals surface area contributed by atoms with Crippen molar-refractivity contribution in [1.82, 2.24) is 0 Å². The third-order valence-electron chi connectivity index (χ3n) is 2.74. The van der Waals surface area contributed by atoms with Crippen molar-refractivity contribution in [3.05, 3.63) is 70.8 Å². The number of hydrogen-bond acceptors (Lipinski definition) is 1. The van der Waals surface area contributed by atoms with E-state index in [0.717, 1.165) is 23.3 Å². The number of hydrogen-bond donors (Lipinski definition) is 1. The van der Waals surface area contributed by atoms with E-state index in [1.54, 1.807) is 0 Å². The second-order valence-electron chi connectivity index (χ2n) is 4.06. The van der Waals surface area contributed by atoms with Gasteiger partial charge in [0.05, 0.1) is 6.04 Å². The summed E-state index contributed by atoms with van der Waals surface area (Å²) in [6, 6.07) is 11.0. The van der Waals surface area contributed by atoms with Crippen LogP contribution in [0.25, 0.3) is 0 Å². The van der Waals surface area contributed by atoms with Crippen molar-refractivity contribution in [2.75, 3.05) is 0 Å². The highest BCUT2D eigenvalue weighted by Gasteiger charge is 2.11. The van der Waals surface area contributed by atoms with Gasteiger partial charge in [0.25, 0.3) is 0 Å². The lowest BCUT2D eigenvalue weighted by Crippen LogP contribution is -2.12. The Morgan fingerprint density at radius 1 is 0.882 bits per heavy atom. The molecule has 0 fully saturated rings. The molecule has 1 atom stereocenters. The monoisotopic (exact) mass is 233 g/mol. The summed E-state index contributed by atoms with van der Waals surface area (Å²) in [7, 11) is 0. The minimum atomic E-state index is -0.870. The van der Waals surface area contributed by atoms with Gasteiger partial charge in [-0.25, -0.2) is 8.78 Å². The largest absolute Gasteiger partial charge is 0.320 e. The van der Waals surface area contributed by atoms with E-state index in [-0.39, 0.29) is 0 Å². The molecule has 0 unspecified atom stereocenters. The molecule has 0 aliphatic carbocycles. The first-order chi connectivity index (χ1) is 8.08. The van der Waals surface area contributed by atoms with Gasteiger partial charge in [-0.15, -0.1) is 0 Å². The quantitative estimate of drug-likeness (QED) is 0.846. The fourth-order valence-corrected chi connectivity index (χ4v) is 1.67. The normalized spacial score (nSPS) is 12.5. The molecule has 0 heterocycles. The Hall–Kier alpha value is -1.74. The molecule has 0 radical (unpaired) electrons. The van der Waals surface area contributed by atoms with Gasteiger partial charge in [0.15, 0.2) is 11.6 Å². The summed E-state index contributed by atoms with van der Waals surface area (Å²) in [5, 5.41) is 0. The van der Waals surface area contributed by atoms with E-state index in [0.29, 0.717) is 5.56 Å². The lowest BCUT2D eigenvalue weighted by molar-refractivity contribution is 0.506. The van der Waals surface area contributed by atoms with E-state index >= 15 is 0 Å². The molecule has 0 spiro atoms. The molecule has 0 aromatic heterocycles. The Kier molecular flexibility index (Phi) is 3.20. The van der Waals surface area contributed by atoms with Gasteiger partial charge < -0.3 is 5.73 Å². The molecule has 2 aromatic rings. The smallest absolute Gasteiger partial charge is 0.159 e. The van der Waals surface area contributed by atoms with Crippen molar-refractivity contribution in [1.29, 1.82) is 0 Å². The summed E-state index contributed by atoms with van der Waals surface area (Å²) in [4.78, 5) is 0. The van der Waals surface area contributed by atoms with Crippen LogP contribution in [-0.2, 0) is 0 Å². The second-order valence-corrected chi connectivity index (χ2v) is 4.06. The van der Waals surface area contributed by atoms with Crippen molar-refractivity contribution in [2.45, 2.75) is 13.0 Å². The molecule has 17 heavy (non-hydrogen) atoms. The number of halogens is 2. The minimum Gasteiger partial charge on any atom is -0.320 e. The highest BCUT2D eigenvalue weighted by Crippen LogP contribution is 2.21. The summed E-state index contributed by atoms with van der Waals surface area (Å²) in [5.41, 5.74) is 8.57. The van der Waals surface area contributed by atoms with Gasteiger partial charge in [0, 0.05) is 0 Å². The van der Waals surface area contributed by atoms with Crippen LogP contribution in [0.3, 0.4) is 0 Å². The van der Waals surface area contributed by atoms with Gasteiger partial charge in [0.2, 0.25) is 0 Å². The Balaban J connectivity index is 2.33. The summed E-state index contributed by atoms with van der Waals surface area (Å²) in [6.45, 7) is 1.98. The van der Waals surface area contributed by atoms with Gasteiger partial charge in [-0.2, -0.15) is 0 Å². The first-order valence-corrected chi connectivity index (χ1v) is 5.35. The molecule has 0 saturated heterocycles. The first kappa shape index (κ1) is 11.7. The van der Waals surface area contributed by atoms with Crippen molar-refractivity contribution in [3.8, 4) is 0 Å². The molecule has 88 valence electrons. The summed E-state index contributed by atoms with van der Waals surface area (Å²) in [6.07, 6.45) is 0. The van der Waals surface area contributed by atoms with Crippen LogP contribution >= 0.6 is 0 Å². The predicted molar refractivity (Wildman–Crippen MR) is 63.6 cm³/mol. The maximum atomic E-state index is 13.1. The number of nitrogens with two attached hydrogens (primary N) is 1. The van der Waals surface area contributed by atoms with Crippen LogP contribution in [0.2, 0.25) is 0 Å². The third-order valence-corrected chi connectivity index (χ3v) is 2.74. The number of aryl methyl sites for hydroxylation is 1. The van der Waals surface area contributed by atoms with Gasteiger partial charge in [-0.05, 0) is 30.2 Å². The van der Waals surface area contributed by atoms with E-state index in [2.05, 4.69) is 0 Å². The van der Waals surface area contributed by atoms with E-state index in [1.807, 2.05) is 31.2 Å². The van der Waals surface area contributed by atoms with Crippen LogP contribution in [0.4, 0.5) is 8.78 Å². The maximum Gasteiger partial charge on any atom is 0.159 e. The van der Waals surface area contributed by atoms with E-state index < -0.39 is 17.7 Å². The van der Waals surface area contributed by atoms with Gasteiger partial charge in [0.1, 0.15) is 0 Å². The molecule has 2 N–H and O–H groups in total. The summed E-state index contributed by atoms with van der Waals surface area (Å²) in [5.74, 6) is -1.73. The zero-order valence-corrected chi connectivity index (χ0v) is 9.45. The Labute approximate surface area is 98.9 Å². The van der Waals surface area contributed by atoms with Gasteiger partial charge in [-0.3, -0.25) is 0 Å². The summed E-state index contributed by atoms with van der Waals surface area (Å²) >= 11 is 0. The Morgan fingerprint density at radius 2 is 1.47 bits per heavy atom. The Bertz CT molecular complexity index is 520. The fraction of sp³-hybridized carbons (Fsp3) is 0.143. The lowest BCUT2D eigenvalue weighted by atomic mass is 9.99. The predicted octanol–water partition coefficient (Wildman–Crippen LogP) is 3.32. The maximum absolute atomic E-state index is 13.1. The highest BCUT2D eigenvalue weighted by atomic mass is 19.2. The zero-order valence-electron chi connectivity index (χ0n) is 9.45. The van der Waals surface area contributed by atoms with Gasteiger partial charge >= 0.3 is 0 Å². The van der Waals surface area contributed by atoms with E-state index in [9.17, 15) is 8.78 Å². The van der Waals surface area contributed by atoms with Crippen LogP contribution < -0.4 is 5.73 Å². The van der Waals surface area contributed by atoms with Crippen LogP contribution in [-0.4, -0.2) is 0 Å². The van der Waals surface area contributed by atoms with Crippen molar-refractivity contribution >= 4 is 0 Å². The molecule has 0 aliphatic rings. The third kappa shape index (κ3) is 2.50. The highest BCUT2D eigenvalue weighted by molar-refractivity contribution is 5.33. The van der Waals surface area contributed by atoms with E-state index in [4.69, 9.17) is 5.73 Å². The van der Waals surface area contributed by atoms with Crippen molar-refractivity contribution < 1.29 is 8.78 Å². The molecule has 2 aromatic carbocycles. The van der Waals surface area contributed by atoms with E-state index in [1.165, 1.54) is 6.07 Å². The first-order valence-electron chi connectivity index (χ1n) is 5.35. The van der Waals surface area contributed by atoms with Crippen LogP contribution in [0.15, 0.2) is 42.5 Å². The Morgan fingerprint density at radius 3 is 2.06 bits per heavy atom. The SMILES string of the molecule is Cc1ccc([C@H](N)c2ccc(F)c(F)c2)cc1. The fourth-order valence-electron chi connectivity index (χ4n) is 1.67. The topological polar surface area (TPSA) is 26.0 Å². The summed E-state index contributed by atoms with van der Waals surface area (Å²) < 4.78 is 25.9. The molecule has 1 nitrogen and oxygen atoms in total. The van der Waals surface area contributed by atoms with Gasteiger partial charge in [-0.1, -0.05) is 35.9 Å².